The van der Waals surface area contributed by atoms with Crippen LogP contribution in [-0.2, 0) is 21.4 Å². The fraction of sp³-hybridized carbons (Fsp3) is 0.240. The number of benzene rings is 2. The molecule has 0 radical (unpaired) electrons. The average Bonchev–Trinajstić information content (AvgIpc) is 3.02. The minimum atomic E-state index is -1.10. The molecule has 33 heavy (non-hydrogen) atoms. The molecule has 1 amide bonds. The zero-order chi connectivity index (χ0) is 24.0. The van der Waals surface area contributed by atoms with Crippen LogP contribution in [0.2, 0.25) is 0 Å². The first-order valence-corrected chi connectivity index (χ1v) is 10.6. The Morgan fingerprint density at radius 1 is 1.09 bits per heavy atom. The topological polar surface area (TPSA) is 91.6 Å². The van der Waals surface area contributed by atoms with Crippen LogP contribution in [0.5, 0.6) is 5.75 Å². The summed E-state index contributed by atoms with van der Waals surface area (Å²) >= 11 is 0. The predicted molar refractivity (Wildman–Crippen MR) is 127 cm³/mol. The highest BCUT2D eigenvalue weighted by molar-refractivity contribution is 5.97. The predicted octanol–water partition coefficient (Wildman–Crippen LogP) is 3.47. The van der Waals surface area contributed by atoms with E-state index in [0.717, 1.165) is 5.56 Å². The van der Waals surface area contributed by atoms with Crippen LogP contribution in [0.1, 0.15) is 25.1 Å². The number of carbonyl (C=O) groups is 2. The summed E-state index contributed by atoms with van der Waals surface area (Å²) in [6.07, 6.45) is 1.70. The van der Waals surface area contributed by atoms with Crippen molar-refractivity contribution in [2.75, 3.05) is 11.9 Å². The number of ether oxygens (including phenoxy) is 2. The maximum atomic E-state index is 12.9. The molecule has 8 heteroatoms. The summed E-state index contributed by atoms with van der Waals surface area (Å²) in [5.41, 5.74) is 1.72. The van der Waals surface area contributed by atoms with E-state index in [2.05, 4.69) is 5.32 Å². The molecule has 0 spiro atoms. The van der Waals surface area contributed by atoms with Crippen LogP contribution < -0.4 is 15.6 Å². The van der Waals surface area contributed by atoms with Crippen molar-refractivity contribution < 1.29 is 19.1 Å². The van der Waals surface area contributed by atoms with Gasteiger partial charge in [-0.15, -0.1) is 0 Å². The van der Waals surface area contributed by atoms with Crippen molar-refractivity contribution >= 4 is 23.6 Å². The van der Waals surface area contributed by atoms with Crippen LogP contribution in [0, 0.1) is 6.92 Å². The molecule has 1 aromatic heterocycles. The Kier molecular flexibility index (Phi) is 7.50. The second-order valence-corrected chi connectivity index (χ2v) is 7.31. The molecule has 1 atom stereocenters. The fourth-order valence-corrected chi connectivity index (χ4v) is 3.27. The molecule has 0 aliphatic carbocycles. The van der Waals surface area contributed by atoms with Crippen molar-refractivity contribution in [3.8, 4) is 11.4 Å². The first-order chi connectivity index (χ1) is 15.8. The Hall–Kier alpha value is -4.07. The van der Waals surface area contributed by atoms with Crippen molar-refractivity contribution in [2.45, 2.75) is 26.9 Å². The Bertz CT molecular complexity index is 1220. The number of hydrogen-bond donors (Lipinski definition) is 1. The van der Waals surface area contributed by atoms with Gasteiger partial charge >= 0.3 is 5.97 Å². The molecule has 2 aromatic carbocycles. The quantitative estimate of drug-likeness (QED) is 0.420. The van der Waals surface area contributed by atoms with Crippen molar-refractivity contribution in [1.82, 2.24) is 9.36 Å². The zero-order valence-corrected chi connectivity index (χ0v) is 19.1. The van der Waals surface area contributed by atoms with E-state index in [1.807, 2.05) is 37.3 Å². The number of nitrogens with one attached hydrogen (secondary N) is 1. The van der Waals surface area contributed by atoms with Gasteiger partial charge in [0.2, 0.25) is 0 Å². The van der Waals surface area contributed by atoms with E-state index in [1.165, 1.54) is 17.7 Å². The van der Waals surface area contributed by atoms with Gasteiger partial charge in [-0.1, -0.05) is 36.4 Å². The number of anilines is 1. The van der Waals surface area contributed by atoms with Crippen LogP contribution in [-0.4, -0.2) is 34.0 Å². The smallest absolute Gasteiger partial charge is 0.331 e. The van der Waals surface area contributed by atoms with E-state index in [4.69, 9.17) is 9.47 Å². The highest BCUT2D eigenvalue weighted by Crippen LogP contribution is 2.19. The number of hydrogen-bond acceptors (Lipinski definition) is 5. The lowest BCUT2D eigenvalue weighted by Crippen LogP contribution is -2.31. The number of esters is 1. The number of amides is 1. The van der Waals surface area contributed by atoms with Crippen molar-refractivity contribution in [2.24, 2.45) is 7.05 Å². The fourth-order valence-electron chi connectivity index (χ4n) is 3.27. The molecule has 0 saturated carbocycles. The van der Waals surface area contributed by atoms with E-state index < -0.39 is 18.0 Å². The molecule has 8 nitrogen and oxygen atoms in total. The highest BCUT2D eigenvalue weighted by Gasteiger charge is 2.22. The first-order valence-electron chi connectivity index (χ1n) is 10.6. The Morgan fingerprint density at radius 3 is 2.45 bits per heavy atom. The lowest BCUT2D eigenvalue weighted by Gasteiger charge is -2.12. The zero-order valence-electron chi connectivity index (χ0n) is 19.1. The van der Waals surface area contributed by atoms with Crippen LogP contribution in [0.25, 0.3) is 11.8 Å². The van der Waals surface area contributed by atoms with Gasteiger partial charge in [0.05, 0.1) is 18.0 Å². The number of rotatable bonds is 8. The molecule has 0 bridgehead atoms. The molecule has 0 aliphatic rings. The van der Waals surface area contributed by atoms with Crippen molar-refractivity contribution in [1.29, 1.82) is 0 Å². The van der Waals surface area contributed by atoms with Crippen molar-refractivity contribution in [3.63, 3.8) is 0 Å². The van der Waals surface area contributed by atoms with Gasteiger partial charge in [0.25, 0.3) is 11.5 Å². The summed E-state index contributed by atoms with van der Waals surface area (Å²) in [7, 11) is 1.73. The third kappa shape index (κ3) is 5.41. The summed E-state index contributed by atoms with van der Waals surface area (Å²) in [4.78, 5) is 37.8. The van der Waals surface area contributed by atoms with Gasteiger partial charge in [-0.25, -0.2) is 9.48 Å². The van der Waals surface area contributed by atoms with E-state index in [1.54, 1.807) is 49.0 Å². The molecule has 0 saturated heterocycles. The minimum Gasteiger partial charge on any atom is -0.493 e. The van der Waals surface area contributed by atoms with Gasteiger partial charge in [0.1, 0.15) is 11.4 Å². The first kappa shape index (κ1) is 23.6. The standard InChI is InChI=1S/C25H27N3O5/c1-5-32-21-14-10-9-11-19(21)15-16-22(29)33-18(3)24(30)26-23-17(2)27(4)28(25(23)31)20-12-7-6-8-13-20/h6-16,18H,5H2,1-4H3,(H,26,30)/b16-15+. The van der Waals surface area contributed by atoms with Gasteiger partial charge in [-0.2, -0.15) is 0 Å². The molecule has 3 rings (SSSR count). The Balaban J connectivity index is 1.69. The summed E-state index contributed by atoms with van der Waals surface area (Å²) < 4.78 is 13.8. The summed E-state index contributed by atoms with van der Waals surface area (Å²) in [6, 6.07) is 16.4. The van der Waals surface area contributed by atoms with E-state index in [-0.39, 0.29) is 11.2 Å². The normalized spacial score (nSPS) is 11.9. The second kappa shape index (κ2) is 10.5. The Morgan fingerprint density at radius 2 is 1.76 bits per heavy atom. The number of carbonyl (C=O) groups excluding carboxylic acids is 2. The van der Waals surface area contributed by atoms with E-state index in [9.17, 15) is 14.4 Å². The number of nitrogens with zero attached hydrogens (tertiary/aromatic N) is 2. The monoisotopic (exact) mass is 449 g/mol. The van der Waals surface area contributed by atoms with Crippen molar-refractivity contribution in [3.05, 3.63) is 82.3 Å². The van der Waals surface area contributed by atoms with Crippen LogP contribution in [0.15, 0.2) is 65.5 Å². The molecule has 172 valence electrons. The van der Waals surface area contributed by atoms with Gasteiger partial charge in [-0.05, 0) is 45.0 Å². The largest absolute Gasteiger partial charge is 0.493 e. The molecule has 0 aliphatic heterocycles. The molecular weight excluding hydrogens is 422 g/mol. The molecular formula is C25H27N3O5. The summed E-state index contributed by atoms with van der Waals surface area (Å²) in [5.74, 6) is -0.642. The average molecular weight is 450 g/mol. The van der Waals surface area contributed by atoms with Crippen LogP contribution >= 0.6 is 0 Å². The lowest BCUT2D eigenvalue weighted by molar-refractivity contribution is -0.148. The molecule has 1 N–H and O–H groups in total. The van der Waals surface area contributed by atoms with Crippen LogP contribution in [0.4, 0.5) is 5.69 Å². The third-order valence-corrected chi connectivity index (χ3v) is 5.08. The van der Waals surface area contributed by atoms with E-state index in [0.29, 0.717) is 23.7 Å². The SMILES string of the molecule is CCOc1ccccc1/C=C/C(=O)OC(C)C(=O)Nc1c(C)n(C)n(-c2ccccc2)c1=O. The molecule has 1 unspecified atom stereocenters. The summed E-state index contributed by atoms with van der Waals surface area (Å²) in [5, 5.41) is 2.60. The summed E-state index contributed by atoms with van der Waals surface area (Å²) in [6.45, 7) is 5.55. The van der Waals surface area contributed by atoms with Gasteiger partial charge in [-0.3, -0.25) is 14.3 Å². The maximum absolute atomic E-state index is 12.9. The highest BCUT2D eigenvalue weighted by atomic mass is 16.5. The maximum Gasteiger partial charge on any atom is 0.331 e. The van der Waals surface area contributed by atoms with Gasteiger partial charge in [0.15, 0.2) is 6.10 Å². The second-order valence-electron chi connectivity index (χ2n) is 7.31. The third-order valence-electron chi connectivity index (χ3n) is 5.08. The minimum absolute atomic E-state index is 0.135. The Labute approximate surface area is 192 Å². The molecule has 3 aromatic rings. The van der Waals surface area contributed by atoms with Crippen LogP contribution in [0.3, 0.4) is 0 Å². The molecule has 1 heterocycles. The molecule has 0 fully saturated rings. The lowest BCUT2D eigenvalue weighted by atomic mass is 10.2. The number of para-hydroxylation sites is 2. The van der Waals surface area contributed by atoms with Gasteiger partial charge < -0.3 is 14.8 Å². The van der Waals surface area contributed by atoms with Gasteiger partial charge in [0, 0.05) is 18.7 Å². The van der Waals surface area contributed by atoms with E-state index >= 15 is 0 Å². The number of aromatic nitrogens is 2.